The van der Waals surface area contributed by atoms with Crippen molar-refractivity contribution in [3.8, 4) is 5.75 Å². The summed E-state index contributed by atoms with van der Waals surface area (Å²) in [5.41, 5.74) is 1.18. The number of sulfonamides is 1. The molecule has 1 fully saturated rings. The van der Waals surface area contributed by atoms with Gasteiger partial charge < -0.3 is 10.1 Å². The number of nitrogens with zero attached hydrogens (tertiary/aromatic N) is 1. The van der Waals surface area contributed by atoms with E-state index in [-0.39, 0.29) is 18.2 Å². The van der Waals surface area contributed by atoms with Crippen molar-refractivity contribution in [3.05, 3.63) is 60.2 Å². The Morgan fingerprint density at radius 3 is 2.53 bits per heavy atom. The minimum absolute atomic E-state index is 0.0339. The zero-order valence-electron chi connectivity index (χ0n) is 18.1. The minimum Gasteiger partial charge on any atom is -0.476 e. The van der Waals surface area contributed by atoms with Crippen LogP contribution >= 0.6 is 11.8 Å². The lowest BCUT2D eigenvalue weighted by molar-refractivity contribution is -0.127. The Morgan fingerprint density at radius 2 is 1.75 bits per heavy atom. The number of carbonyl (C=O) groups excluding carboxylic acids is 1. The smallest absolute Gasteiger partial charge is 0.263 e. The molecule has 2 aliphatic rings. The number of anilines is 1. The third-order valence-corrected chi connectivity index (χ3v) is 8.96. The van der Waals surface area contributed by atoms with Crippen LogP contribution in [0.4, 0.5) is 5.69 Å². The molecule has 4 rings (SSSR count). The number of fused-ring (bicyclic) bond motifs is 1. The number of benzene rings is 2. The first kappa shape index (κ1) is 23.0. The Morgan fingerprint density at radius 1 is 1.03 bits per heavy atom. The third kappa shape index (κ3) is 5.78. The highest BCUT2D eigenvalue weighted by molar-refractivity contribution is 7.99. The molecule has 0 aromatic heterocycles. The molecule has 1 atom stereocenters. The molecule has 1 aliphatic heterocycles. The molecular formula is C24H30N2O4S2. The quantitative estimate of drug-likeness (QED) is 0.586. The van der Waals surface area contributed by atoms with E-state index in [0.29, 0.717) is 28.8 Å². The maximum atomic E-state index is 13.3. The summed E-state index contributed by atoms with van der Waals surface area (Å²) in [6.45, 7) is 0.520. The average molecular weight is 475 g/mol. The number of hydrogen-bond donors (Lipinski definition) is 1. The second-order valence-corrected chi connectivity index (χ2v) is 11.6. The van der Waals surface area contributed by atoms with Gasteiger partial charge >= 0.3 is 0 Å². The predicted octanol–water partition coefficient (Wildman–Crippen LogP) is 3.97. The van der Waals surface area contributed by atoms with Gasteiger partial charge in [0.05, 0.1) is 18.0 Å². The summed E-state index contributed by atoms with van der Waals surface area (Å²) in [4.78, 5) is 12.8. The lowest BCUT2D eigenvalue weighted by atomic mass is 10.0. The Bertz CT molecular complexity index is 1010. The van der Waals surface area contributed by atoms with Gasteiger partial charge in [0.15, 0.2) is 6.10 Å². The SMILES string of the molecule is O=C(NCCSC1CCCCC1)C1CN(S(=O)(=O)Cc2ccccc2)c2ccccc2O1. The first-order valence-corrected chi connectivity index (χ1v) is 13.9. The van der Waals surface area contributed by atoms with E-state index in [4.69, 9.17) is 4.74 Å². The van der Waals surface area contributed by atoms with Gasteiger partial charge in [-0.05, 0) is 30.5 Å². The standard InChI is InChI=1S/C24H30N2O4S2/c27-24(25-15-16-31-20-11-5-2-6-12-20)23-17-26(21-13-7-8-14-22(21)30-23)32(28,29)18-19-9-3-1-4-10-19/h1,3-4,7-10,13-14,20,23H,2,5-6,11-12,15-18H2,(H,25,27). The highest BCUT2D eigenvalue weighted by atomic mass is 32.2. The Balaban J connectivity index is 1.40. The summed E-state index contributed by atoms with van der Waals surface area (Å²) in [5, 5.41) is 3.63. The fraction of sp³-hybridized carbons (Fsp3) is 0.458. The summed E-state index contributed by atoms with van der Waals surface area (Å²) >= 11 is 1.92. The van der Waals surface area contributed by atoms with Crippen LogP contribution in [0.2, 0.25) is 0 Å². The number of thioether (sulfide) groups is 1. The second kappa shape index (κ2) is 10.6. The van der Waals surface area contributed by atoms with Crippen molar-refractivity contribution >= 4 is 33.4 Å². The molecule has 1 amide bonds. The van der Waals surface area contributed by atoms with Crippen LogP contribution in [0.3, 0.4) is 0 Å². The van der Waals surface area contributed by atoms with Gasteiger partial charge in [0.25, 0.3) is 5.91 Å². The number of rotatable bonds is 8. The van der Waals surface area contributed by atoms with Crippen molar-refractivity contribution < 1.29 is 17.9 Å². The molecule has 6 nitrogen and oxygen atoms in total. The lowest BCUT2D eigenvalue weighted by Crippen LogP contribution is -2.51. The summed E-state index contributed by atoms with van der Waals surface area (Å²) in [6, 6.07) is 16.0. The molecule has 1 saturated carbocycles. The van der Waals surface area contributed by atoms with Crippen molar-refractivity contribution in [2.24, 2.45) is 0 Å². The summed E-state index contributed by atoms with van der Waals surface area (Å²) in [7, 11) is -3.69. The van der Waals surface area contributed by atoms with Crippen LogP contribution in [0, 0.1) is 0 Å². The van der Waals surface area contributed by atoms with E-state index >= 15 is 0 Å². The topological polar surface area (TPSA) is 75.7 Å². The van der Waals surface area contributed by atoms with E-state index in [2.05, 4.69) is 5.32 Å². The molecule has 0 spiro atoms. The average Bonchev–Trinajstić information content (AvgIpc) is 2.82. The lowest BCUT2D eigenvalue weighted by Gasteiger charge is -2.34. The highest BCUT2D eigenvalue weighted by Gasteiger charge is 2.36. The van der Waals surface area contributed by atoms with Crippen molar-refractivity contribution in [2.45, 2.75) is 49.2 Å². The molecule has 8 heteroatoms. The largest absolute Gasteiger partial charge is 0.476 e. The number of para-hydroxylation sites is 2. The molecule has 1 unspecified atom stereocenters. The molecule has 0 bridgehead atoms. The number of carbonyl (C=O) groups is 1. The van der Waals surface area contributed by atoms with Crippen molar-refractivity contribution in [1.82, 2.24) is 5.32 Å². The molecule has 32 heavy (non-hydrogen) atoms. The zero-order chi connectivity index (χ0) is 22.4. The van der Waals surface area contributed by atoms with Crippen molar-refractivity contribution in [1.29, 1.82) is 0 Å². The fourth-order valence-electron chi connectivity index (χ4n) is 4.21. The Hall–Kier alpha value is -2.19. The van der Waals surface area contributed by atoms with Gasteiger partial charge in [-0.2, -0.15) is 11.8 Å². The molecular weight excluding hydrogens is 444 g/mol. The monoisotopic (exact) mass is 474 g/mol. The number of hydrogen-bond acceptors (Lipinski definition) is 5. The van der Waals surface area contributed by atoms with Crippen LogP contribution in [0.1, 0.15) is 37.7 Å². The fourth-order valence-corrected chi connectivity index (χ4v) is 7.01. The Labute approximate surface area is 194 Å². The number of nitrogens with one attached hydrogen (secondary N) is 1. The second-order valence-electron chi connectivity index (χ2n) is 8.27. The molecule has 1 N–H and O–H groups in total. The van der Waals surface area contributed by atoms with Crippen LogP contribution in [-0.2, 0) is 20.6 Å². The summed E-state index contributed by atoms with van der Waals surface area (Å²) in [6.07, 6.45) is 5.57. The maximum absolute atomic E-state index is 13.3. The Kier molecular flexibility index (Phi) is 7.63. The van der Waals surface area contributed by atoms with Gasteiger partial charge in [0.1, 0.15) is 5.75 Å². The van der Waals surface area contributed by atoms with E-state index in [0.717, 1.165) is 5.75 Å². The maximum Gasteiger partial charge on any atom is 0.263 e. The van der Waals surface area contributed by atoms with E-state index in [1.165, 1.54) is 36.4 Å². The van der Waals surface area contributed by atoms with E-state index in [1.807, 2.05) is 30.0 Å². The van der Waals surface area contributed by atoms with Gasteiger partial charge in [-0.25, -0.2) is 8.42 Å². The molecule has 0 saturated heterocycles. The molecule has 1 aliphatic carbocycles. The molecule has 0 radical (unpaired) electrons. The van der Waals surface area contributed by atoms with Crippen LogP contribution in [0.5, 0.6) is 5.75 Å². The molecule has 1 heterocycles. The van der Waals surface area contributed by atoms with Gasteiger partial charge in [-0.15, -0.1) is 0 Å². The molecule has 2 aromatic carbocycles. The first-order valence-electron chi connectivity index (χ1n) is 11.2. The number of ether oxygens (including phenoxy) is 1. The molecule has 172 valence electrons. The van der Waals surface area contributed by atoms with Gasteiger partial charge in [-0.1, -0.05) is 61.7 Å². The summed E-state index contributed by atoms with van der Waals surface area (Å²) < 4.78 is 33.7. The highest BCUT2D eigenvalue weighted by Crippen LogP contribution is 2.35. The van der Waals surface area contributed by atoms with Crippen LogP contribution < -0.4 is 14.4 Å². The van der Waals surface area contributed by atoms with E-state index < -0.39 is 16.1 Å². The number of amides is 1. The molecule has 2 aromatic rings. The third-order valence-electron chi connectivity index (χ3n) is 5.86. The van der Waals surface area contributed by atoms with Crippen LogP contribution in [0.25, 0.3) is 0 Å². The van der Waals surface area contributed by atoms with Crippen LogP contribution in [-0.4, -0.2) is 44.5 Å². The first-order chi connectivity index (χ1) is 15.5. The predicted molar refractivity (Wildman–Crippen MR) is 130 cm³/mol. The zero-order valence-corrected chi connectivity index (χ0v) is 19.7. The van der Waals surface area contributed by atoms with Crippen molar-refractivity contribution in [3.63, 3.8) is 0 Å². The van der Waals surface area contributed by atoms with E-state index in [9.17, 15) is 13.2 Å². The van der Waals surface area contributed by atoms with Gasteiger partial charge in [-0.3, -0.25) is 9.10 Å². The van der Waals surface area contributed by atoms with Gasteiger partial charge in [0.2, 0.25) is 10.0 Å². The van der Waals surface area contributed by atoms with Crippen molar-refractivity contribution in [2.75, 3.05) is 23.1 Å². The van der Waals surface area contributed by atoms with Crippen LogP contribution in [0.15, 0.2) is 54.6 Å². The minimum atomic E-state index is -3.69. The van der Waals surface area contributed by atoms with Gasteiger partial charge in [0, 0.05) is 17.5 Å². The normalized spacial score (nSPS) is 19.1. The summed E-state index contributed by atoms with van der Waals surface area (Å²) in [5.74, 6) is 0.861. The van der Waals surface area contributed by atoms with E-state index in [1.54, 1.807) is 36.4 Å².